The van der Waals surface area contributed by atoms with E-state index in [1.165, 1.54) is 12.3 Å². The number of hydrogen-bond donors (Lipinski definition) is 0. The van der Waals surface area contributed by atoms with E-state index < -0.39 is 11.6 Å². The molecule has 3 rings (SSSR count). The Balaban J connectivity index is 1.80. The van der Waals surface area contributed by atoms with Gasteiger partial charge in [0.25, 0.3) is 5.91 Å². The average molecular weight is 359 g/mol. The first-order chi connectivity index (χ1) is 12.5. The summed E-state index contributed by atoms with van der Waals surface area (Å²) >= 11 is 0. The van der Waals surface area contributed by atoms with Gasteiger partial charge in [-0.2, -0.15) is 0 Å². The highest BCUT2D eigenvalue weighted by Crippen LogP contribution is 2.15. The lowest BCUT2D eigenvalue weighted by molar-refractivity contribution is 0.0650. The van der Waals surface area contributed by atoms with Crippen LogP contribution in [0.25, 0.3) is 0 Å². The van der Waals surface area contributed by atoms with E-state index in [0.29, 0.717) is 17.9 Å². The lowest BCUT2D eigenvalue weighted by atomic mass is 10.2. The van der Waals surface area contributed by atoms with Crippen molar-refractivity contribution in [2.45, 2.75) is 33.0 Å². The lowest BCUT2D eigenvalue weighted by Gasteiger charge is -2.25. The molecule has 7 heteroatoms. The molecule has 3 aromatic rings. The molecule has 5 nitrogen and oxygen atoms in total. The molecule has 0 N–H and O–H groups in total. The number of aromatic nitrogens is 2. The first kappa shape index (κ1) is 17.8. The molecule has 2 heterocycles. The number of hydrogen-bond acceptors (Lipinski definition) is 3. The van der Waals surface area contributed by atoms with Crippen LogP contribution in [-0.2, 0) is 13.1 Å². The maximum Gasteiger partial charge on any atom is 0.290 e. The Bertz CT molecular complexity index is 888. The van der Waals surface area contributed by atoms with Crippen molar-refractivity contribution in [3.8, 4) is 0 Å². The number of furan rings is 1. The van der Waals surface area contributed by atoms with Crippen molar-refractivity contribution >= 4 is 5.91 Å². The molecule has 0 radical (unpaired) electrons. The number of nitrogens with zero attached hydrogens (tertiary/aromatic N) is 3. The molecule has 0 bridgehead atoms. The molecule has 1 amide bonds. The minimum Gasteiger partial charge on any atom is -0.459 e. The third-order valence-corrected chi connectivity index (χ3v) is 4.07. The van der Waals surface area contributed by atoms with Gasteiger partial charge in [-0.1, -0.05) is 6.07 Å². The zero-order valence-corrected chi connectivity index (χ0v) is 14.5. The van der Waals surface area contributed by atoms with E-state index in [1.807, 2.05) is 13.8 Å². The van der Waals surface area contributed by atoms with Crippen LogP contribution < -0.4 is 0 Å². The summed E-state index contributed by atoms with van der Waals surface area (Å²) in [6, 6.07) is 6.99. The molecule has 2 aromatic heterocycles. The number of imidazole rings is 1. The Hall–Kier alpha value is -2.96. The van der Waals surface area contributed by atoms with Gasteiger partial charge in [0.05, 0.1) is 12.8 Å². The third-order valence-electron chi connectivity index (χ3n) is 4.07. The Labute approximate surface area is 149 Å². The van der Waals surface area contributed by atoms with Crippen LogP contribution in [0, 0.1) is 11.6 Å². The summed E-state index contributed by atoms with van der Waals surface area (Å²) in [5.41, 5.74) is 0.608. The second-order valence-corrected chi connectivity index (χ2v) is 6.22. The van der Waals surface area contributed by atoms with Crippen LogP contribution in [0.1, 0.15) is 35.8 Å². The van der Waals surface area contributed by atoms with Gasteiger partial charge in [0, 0.05) is 25.0 Å². The van der Waals surface area contributed by atoms with Crippen molar-refractivity contribution in [1.82, 2.24) is 14.5 Å². The molecule has 26 heavy (non-hydrogen) atoms. The van der Waals surface area contributed by atoms with Crippen molar-refractivity contribution in [3.63, 3.8) is 0 Å². The zero-order valence-electron chi connectivity index (χ0n) is 14.5. The summed E-state index contributed by atoms with van der Waals surface area (Å²) < 4.78 is 33.5. The normalized spacial score (nSPS) is 11.1. The van der Waals surface area contributed by atoms with E-state index in [1.54, 1.807) is 34.0 Å². The van der Waals surface area contributed by atoms with Gasteiger partial charge < -0.3 is 13.9 Å². The second-order valence-electron chi connectivity index (χ2n) is 6.22. The molecule has 0 aliphatic carbocycles. The van der Waals surface area contributed by atoms with Gasteiger partial charge in [-0.15, -0.1) is 0 Å². The summed E-state index contributed by atoms with van der Waals surface area (Å²) in [5.74, 6) is -1.09. The van der Waals surface area contributed by atoms with Crippen molar-refractivity contribution in [2.75, 3.05) is 0 Å². The third kappa shape index (κ3) is 3.82. The van der Waals surface area contributed by atoms with Gasteiger partial charge in [-0.25, -0.2) is 13.8 Å². The fraction of sp³-hybridized carbons (Fsp3) is 0.263. The predicted octanol–water partition coefficient (Wildman–Crippen LogP) is 3.85. The highest BCUT2D eigenvalue weighted by atomic mass is 19.2. The highest BCUT2D eigenvalue weighted by molar-refractivity contribution is 5.91. The smallest absolute Gasteiger partial charge is 0.290 e. The van der Waals surface area contributed by atoms with Crippen LogP contribution >= 0.6 is 0 Å². The van der Waals surface area contributed by atoms with Crippen LogP contribution in [0.3, 0.4) is 0 Å². The zero-order chi connectivity index (χ0) is 18.7. The van der Waals surface area contributed by atoms with Gasteiger partial charge >= 0.3 is 0 Å². The fourth-order valence-corrected chi connectivity index (χ4v) is 2.65. The molecule has 136 valence electrons. The number of benzene rings is 1. The largest absolute Gasteiger partial charge is 0.459 e. The maximum absolute atomic E-state index is 13.4. The van der Waals surface area contributed by atoms with Crippen LogP contribution in [0.4, 0.5) is 8.78 Å². The molecule has 0 aliphatic rings. The monoisotopic (exact) mass is 359 g/mol. The molecular weight excluding hydrogens is 340 g/mol. The summed E-state index contributed by atoms with van der Waals surface area (Å²) in [6.07, 6.45) is 4.81. The topological polar surface area (TPSA) is 51.3 Å². The van der Waals surface area contributed by atoms with Crippen LogP contribution in [0.2, 0.25) is 0 Å². The van der Waals surface area contributed by atoms with Crippen molar-refractivity contribution in [3.05, 3.63) is 77.8 Å². The number of amides is 1. The Kier molecular flexibility index (Phi) is 5.16. The Morgan fingerprint density at radius 3 is 2.73 bits per heavy atom. The maximum atomic E-state index is 13.4. The fourth-order valence-electron chi connectivity index (χ4n) is 2.65. The number of carbonyl (C=O) groups excluding carboxylic acids is 1. The van der Waals surface area contributed by atoms with E-state index >= 15 is 0 Å². The van der Waals surface area contributed by atoms with Gasteiger partial charge in [0.2, 0.25) is 0 Å². The molecule has 0 atom stereocenters. The standard InChI is InChI=1S/C19H19F2N3O2/c1-13(2)24(19(25)17-4-3-9-26-17)12-18-22-7-8-23(18)11-14-5-6-15(20)16(21)10-14/h3-10,13H,11-12H2,1-2H3. The Morgan fingerprint density at radius 2 is 2.08 bits per heavy atom. The Morgan fingerprint density at radius 1 is 1.27 bits per heavy atom. The molecule has 1 aromatic carbocycles. The van der Waals surface area contributed by atoms with E-state index in [4.69, 9.17) is 4.42 Å². The van der Waals surface area contributed by atoms with Crippen LogP contribution in [-0.4, -0.2) is 26.4 Å². The van der Waals surface area contributed by atoms with Crippen molar-refractivity contribution in [1.29, 1.82) is 0 Å². The van der Waals surface area contributed by atoms with Crippen molar-refractivity contribution in [2.24, 2.45) is 0 Å². The first-order valence-corrected chi connectivity index (χ1v) is 8.24. The minimum atomic E-state index is -0.888. The van der Waals surface area contributed by atoms with E-state index in [2.05, 4.69) is 4.98 Å². The van der Waals surface area contributed by atoms with E-state index in [0.717, 1.165) is 12.1 Å². The quantitative estimate of drug-likeness (QED) is 0.672. The highest BCUT2D eigenvalue weighted by Gasteiger charge is 2.23. The number of carbonyl (C=O) groups is 1. The minimum absolute atomic E-state index is 0.0685. The van der Waals surface area contributed by atoms with E-state index in [9.17, 15) is 13.6 Å². The van der Waals surface area contributed by atoms with Crippen LogP contribution in [0.5, 0.6) is 0 Å². The van der Waals surface area contributed by atoms with E-state index in [-0.39, 0.29) is 24.3 Å². The SMILES string of the molecule is CC(C)N(Cc1nccn1Cc1ccc(F)c(F)c1)C(=O)c1ccco1. The molecule has 0 saturated carbocycles. The number of rotatable bonds is 6. The molecule has 0 fully saturated rings. The average Bonchev–Trinajstić information content (AvgIpc) is 3.27. The first-order valence-electron chi connectivity index (χ1n) is 8.24. The van der Waals surface area contributed by atoms with Crippen LogP contribution in [0.15, 0.2) is 53.4 Å². The summed E-state index contributed by atoms with van der Waals surface area (Å²) in [4.78, 5) is 18.6. The molecule has 0 aliphatic heterocycles. The number of halogens is 2. The van der Waals surface area contributed by atoms with Gasteiger partial charge in [0.1, 0.15) is 5.82 Å². The second kappa shape index (κ2) is 7.51. The van der Waals surface area contributed by atoms with Gasteiger partial charge in [0.15, 0.2) is 17.4 Å². The van der Waals surface area contributed by atoms with Gasteiger partial charge in [-0.05, 0) is 43.7 Å². The molecule has 0 saturated heterocycles. The molecular formula is C19H19F2N3O2. The van der Waals surface area contributed by atoms with Gasteiger partial charge in [-0.3, -0.25) is 4.79 Å². The predicted molar refractivity (Wildman–Crippen MR) is 91.4 cm³/mol. The molecule has 0 spiro atoms. The summed E-state index contributed by atoms with van der Waals surface area (Å²) in [6.45, 7) is 4.41. The lowest BCUT2D eigenvalue weighted by Crippen LogP contribution is -2.37. The summed E-state index contributed by atoms with van der Waals surface area (Å²) in [5, 5.41) is 0. The summed E-state index contributed by atoms with van der Waals surface area (Å²) in [7, 11) is 0. The molecule has 0 unspecified atom stereocenters. The van der Waals surface area contributed by atoms with Crippen molar-refractivity contribution < 1.29 is 18.0 Å².